The first-order valence-electron chi connectivity index (χ1n) is 9.87. The molecule has 1 aliphatic rings. The molecule has 0 bridgehead atoms. The third-order valence-corrected chi connectivity index (χ3v) is 7.80. The van der Waals surface area contributed by atoms with Gasteiger partial charge < -0.3 is 4.74 Å². The number of hydrogen-bond acceptors (Lipinski definition) is 5. The molecule has 152 valence electrons. The van der Waals surface area contributed by atoms with Gasteiger partial charge in [-0.2, -0.15) is 0 Å². The lowest BCUT2D eigenvalue weighted by Gasteiger charge is -2.32. The van der Waals surface area contributed by atoms with Crippen LogP contribution in [0.1, 0.15) is 43.2 Å². The van der Waals surface area contributed by atoms with Crippen LogP contribution in [0.4, 0.5) is 0 Å². The van der Waals surface area contributed by atoms with Gasteiger partial charge >= 0.3 is 0 Å². The minimum absolute atomic E-state index is 0.0198. The summed E-state index contributed by atoms with van der Waals surface area (Å²) in [4.78, 5) is 20.7. The summed E-state index contributed by atoms with van der Waals surface area (Å²) >= 11 is 3.16. The average molecular weight is 427 g/mol. The fraction of sp³-hybridized carbons (Fsp3) is 0.391. The fourth-order valence-electron chi connectivity index (χ4n) is 3.64. The second kappa shape index (κ2) is 7.74. The van der Waals surface area contributed by atoms with Gasteiger partial charge in [-0.3, -0.25) is 9.36 Å². The van der Waals surface area contributed by atoms with Crippen molar-refractivity contribution in [2.75, 3.05) is 5.75 Å². The molecule has 4 nitrogen and oxygen atoms in total. The first-order valence-corrected chi connectivity index (χ1v) is 11.7. The number of rotatable bonds is 5. The van der Waals surface area contributed by atoms with Gasteiger partial charge in [-0.05, 0) is 44.4 Å². The van der Waals surface area contributed by atoms with Crippen molar-refractivity contribution in [2.24, 2.45) is 0 Å². The molecule has 0 spiro atoms. The molecular weight excluding hydrogens is 400 g/mol. The van der Waals surface area contributed by atoms with Gasteiger partial charge in [0.05, 0.1) is 23.3 Å². The Kier molecular flexibility index (Phi) is 5.44. The molecule has 1 aliphatic heterocycles. The van der Waals surface area contributed by atoms with Crippen molar-refractivity contribution < 1.29 is 4.74 Å². The molecule has 0 aliphatic carbocycles. The maximum atomic E-state index is 13.8. The van der Waals surface area contributed by atoms with Crippen LogP contribution in [0, 0.1) is 6.92 Å². The van der Waals surface area contributed by atoms with E-state index in [4.69, 9.17) is 9.72 Å². The van der Waals surface area contributed by atoms with Crippen LogP contribution in [0.5, 0.6) is 0 Å². The van der Waals surface area contributed by atoms with Crippen LogP contribution in [-0.4, -0.2) is 20.9 Å². The van der Waals surface area contributed by atoms with E-state index in [1.165, 1.54) is 0 Å². The van der Waals surface area contributed by atoms with Crippen LogP contribution in [0.2, 0.25) is 0 Å². The van der Waals surface area contributed by atoms with Crippen molar-refractivity contribution in [1.29, 1.82) is 0 Å². The molecule has 29 heavy (non-hydrogen) atoms. The van der Waals surface area contributed by atoms with Crippen LogP contribution < -0.4 is 5.56 Å². The summed E-state index contributed by atoms with van der Waals surface area (Å²) in [5.74, 6) is 0.728. The molecule has 0 N–H and O–H groups in total. The molecule has 0 fully saturated rings. The number of ether oxygens (including phenoxy) is 1. The molecule has 0 amide bonds. The number of thiophene rings is 1. The van der Waals surface area contributed by atoms with E-state index in [1.54, 1.807) is 27.7 Å². The third kappa shape index (κ3) is 3.69. The molecule has 3 aromatic rings. The Bertz CT molecular complexity index is 1160. The highest BCUT2D eigenvalue weighted by atomic mass is 32.2. The highest BCUT2D eigenvalue weighted by Gasteiger charge is 2.33. The Balaban J connectivity index is 1.99. The van der Waals surface area contributed by atoms with Gasteiger partial charge in [0.25, 0.3) is 5.56 Å². The zero-order valence-corrected chi connectivity index (χ0v) is 19.0. The van der Waals surface area contributed by atoms with E-state index in [-0.39, 0.29) is 11.2 Å². The Hall–Kier alpha value is -1.89. The highest BCUT2D eigenvalue weighted by Crippen LogP contribution is 2.39. The molecule has 0 saturated heterocycles. The van der Waals surface area contributed by atoms with Crippen LogP contribution in [0.15, 0.2) is 46.4 Å². The van der Waals surface area contributed by atoms with Crippen molar-refractivity contribution in [3.05, 3.63) is 62.8 Å². The number of para-hydroxylation sites is 1. The molecule has 0 saturated carbocycles. The second-order valence-electron chi connectivity index (χ2n) is 8.02. The smallest absolute Gasteiger partial charge is 0.267 e. The van der Waals surface area contributed by atoms with E-state index in [1.807, 2.05) is 38.1 Å². The van der Waals surface area contributed by atoms with E-state index in [9.17, 15) is 4.79 Å². The lowest BCUT2D eigenvalue weighted by atomic mass is 9.90. The molecule has 4 rings (SSSR count). The summed E-state index contributed by atoms with van der Waals surface area (Å²) in [6, 6.07) is 7.99. The van der Waals surface area contributed by atoms with Crippen molar-refractivity contribution in [1.82, 2.24) is 9.55 Å². The molecule has 1 atom stereocenters. The molecule has 0 radical (unpaired) electrons. The zero-order chi connectivity index (χ0) is 20.8. The number of aryl methyl sites for hydroxylation is 1. The van der Waals surface area contributed by atoms with Gasteiger partial charge in [0.15, 0.2) is 5.16 Å². The van der Waals surface area contributed by atoms with Gasteiger partial charge in [-0.1, -0.05) is 49.0 Å². The number of aromatic nitrogens is 2. The van der Waals surface area contributed by atoms with Crippen LogP contribution in [0.25, 0.3) is 15.9 Å². The Labute approximate surface area is 179 Å². The number of benzene rings is 1. The molecule has 0 unspecified atom stereocenters. The monoisotopic (exact) mass is 426 g/mol. The van der Waals surface area contributed by atoms with Gasteiger partial charge in [0.2, 0.25) is 0 Å². The molecular formula is C23H26N2O2S2. The SMILES string of the molecule is C=C(C)CSc1nc2sc3c(c2c(=O)n1-c1ccccc1C)C[C@@](C)(CC)OC3. The molecule has 1 aromatic carbocycles. The molecule has 3 heterocycles. The van der Waals surface area contributed by atoms with E-state index in [2.05, 4.69) is 20.4 Å². The first-order chi connectivity index (χ1) is 13.8. The minimum Gasteiger partial charge on any atom is -0.369 e. The van der Waals surface area contributed by atoms with Gasteiger partial charge in [0, 0.05) is 17.1 Å². The second-order valence-corrected chi connectivity index (χ2v) is 10.0. The Morgan fingerprint density at radius 3 is 2.86 bits per heavy atom. The minimum atomic E-state index is -0.228. The maximum Gasteiger partial charge on any atom is 0.267 e. The van der Waals surface area contributed by atoms with Crippen molar-refractivity contribution in [3.63, 3.8) is 0 Å². The summed E-state index contributed by atoms with van der Waals surface area (Å²) in [7, 11) is 0. The number of nitrogens with zero attached hydrogens (tertiary/aromatic N) is 2. The summed E-state index contributed by atoms with van der Waals surface area (Å²) in [5.41, 5.74) is 3.91. The number of fused-ring (bicyclic) bond motifs is 3. The van der Waals surface area contributed by atoms with E-state index in [0.717, 1.165) is 61.2 Å². The fourth-order valence-corrected chi connectivity index (χ4v) is 5.63. The summed E-state index contributed by atoms with van der Waals surface area (Å²) in [6.45, 7) is 12.8. The predicted molar refractivity (Wildman–Crippen MR) is 123 cm³/mol. The van der Waals surface area contributed by atoms with Crippen LogP contribution >= 0.6 is 23.1 Å². The van der Waals surface area contributed by atoms with Crippen molar-refractivity contribution in [2.45, 2.75) is 57.9 Å². The number of hydrogen-bond donors (Lipinski definition) is 0. The molecule has 6 heteroatoms. The quantitative estimate of drug-likeness (QED) is 0.300. The largest absolute Gasteiger partial charge is 0.369 e. The average Bonchev–Trinajstić information content (AvgIpc) is 3.05. The lowest BCUT2D eigenvalue weighted by Crippen LogP contribution is -2.34. The summed E-state index contributed by atoms with van der Waals surface area (Å²) in [6.07, 6.45) is 1.66. The Morgan fingerprint density at radius 2 is 2.17 bits per heavy atom. The van der Waals surface area contributed by atoms with E-state index >= 15 is 0 Å². The predicted octanol–water partition coefficient (Wildman–Crippen LogP) is 5.67. The standard InChI is InChI=1S/C23H26N2O2S2/c1-6-23(5)11-16-18(12-27-23)29-20-19(16)21(26)25(17-10-8-7-9-15(17)4)22(24-20)28-13-14(2)3/h7-10H,2,6,11-13H2,1,3-5H3/t23-/m1/s1. The van der Waals surface area contributed by atoms with Crippen molar-refractivity contribution in [3.8, 4) is 5.69 Å². The maximum absolute atomic E-state index is 13.8. The van der Waals surface area contributed by atoms with Gasteiger partial charge in [-0.15, -0.1) is 11.3 Å². The third-order valence-electron chi connectivity index (χ3n) is 5.53. The van der Waals surface area contributed by atoms with E-state index in [0.29, 0.717) is 6.61 Å². The van der Waals surface area contributed by atoms with E-state index < -0.39 is 0 Å². The highest BCUT2D eigenvalue weighted by molar-refractivity contribution is 7.99. The summed E-state index contributed by atoms with van der Waals surface area (Å²) in [5, 5.41) is 1.48. The normalized spacial score (nSPS) is 18.8. The first kappa shape index (κ1) is 20.4. The van der Waals surface area contributed by atoms with Gasteiger partial charge in [-0.25, -0.2) is 4.98 Å². The lowest BCUT2D eigenvalue weighted by molar-refractivity contribution is -0.0543. The van der Waals surface area contributed by atoms with Crippen LogP contribution in [-0.2, 0) is 17.8 Å². The zero-order valence-electron chi connectivity index (χ0n) is 17.4. The number of thioether (sulfide) groups is 1. The molecule has 2 aromatic heterocycles. The van der Waals surface area contributed by atoms with Crippen LogP contribution in [0.3, 0.4) is 0 Å². The summed E-state index contributed by atoms with van der Waals surface area (Å²) < 4.78 is 7.90. The Morgan fingerprint density at radius 1 is 1.41 bits per heavy atom. The van der Waals surface area contributed by atoms with Gasteiger partial charge in [0.1, 0.15) is 4.83 Å². The van der Waals surface area contributed by atoms with Crippen molar-refractivity contribution >= 4 is 33.3 Å². The topological polar surface area (TPSA) is 44.1 Å².